The van der Waals surface area contributed by atoms with Gasteiger partial charge in [-0.2, -0.15) is 0 Å². The van der Waals surface area contributed by atoms with Gasteiger partial charge in [0.15, 0.2) is 0 Å². The number of amides is 1. The van der Waals surface area contributed by atoms with Crippen LogP contribution in [0.1, 0.15) is 28.3 Å². The van der Waals surface area contributed by atoms with E-state index >= 15 is 0 Å². The number of aryl methyl sites for hydroxylation is 2. The Morgan fingerprint density at radius 2 is 1.73 bits per heavy atom. The zero-order valence-electron chi connectivity index (χ0n) is 18.2. The molecule has 4 rings (SSSR count). The van der Waals surface area contributed by atoms with E-state index in [4.69, 9.17) is 16.3 Å². The van der Waals surface area contributed by atoms with E-state index in [9.17, 15) is 19.1 Å². The molecule has 0 bridgehead atoms. The Morgan fingerprint density at radius 3 is 2.36 bits per heavy atom. The van der Waals surface area contributed by atoms with Crippen LogP contribution >= 0.6 is 11.6 Å². The minimum atomic E-state index is -0.976. The summed E-state index contributed by atoms with van der Waals surface area (Å²) >= 11 is 6.30. The number of ether oxygens (including phenoxy) is 1. The number of hydrogen-bond donors (Lipinski definition) is 1. The van der Waals surface area contributed by atoms with Crippen molar-refractivity contribution in [1.29, 1.82) is 0 Å². The summed E-state index contributed by atoms with van der Waals surface area (Å²) in [6.07, 6.45) is 0. The number of nitrogens with zero attached hydrogens (tertiary/aromatic N) is 1. The van der Waals surface area contributed by atoms with E-state index in [0.29, 0.717) is 11.3 Å². The van der Waals surface area contributed by atoms with Crippen molar-refractivity contribution in [3.05, 3.63) is 99.3 Å². The number of rotatable bonds is 4. The van der Waals surface area contributed by atoms with Crippen LogP contribution in [0.4, 0.5) is 10.1 Å². The van der Waals surface area contributed by atoms with Crippen LogP contribution in [0.5, 0.6) is 5.75 Å². The van der Waals surface area contributed by atoms with E-state index < -0.39 is 29.3 Å². The summed E-state index contributed by atoms with van der Waals surface area (Å²) in [5.41, 5.74) is 2.55. The van der Waals surface area contributed by atoms with Gasteiger partial charge in [-0.25, -0.2) is 4.39 Å². The third-order valence-corrected chi connectivity index (χ3v) is 5.93. The zero-order chi connectivity index (χ0) is 23.9. The quantitative estimate of drug-likeness (QED) is 0.303. The molecule has 1 aliphatic heterocycles. The van der Waals surface area contributed by atoms with Crippen LogP contribution in [0, 0.1) is 19.7 Å². The van der Waals surface area contributed by atoms with Gasteiger partial charge in [-0.15, -0.1) is 0 Å². The van der Waals surface area contributed by atoms with Crippen molar-refractivity contribution in [2.24, 2.45) is 0 Å². The van der Waals surface area contributed by atoms with Gasteiger partial charge in [0.05, 0.1) is 29.3 Å². The Morgan fingerprint density at radius 1 is 1.06 bits per heavy atom. The first kappa shape index (κ1) is 22.6. The summed E-state index contributed by atoms with van der Waals surface area (Å²) in [5.74, 6) is -2.35. The van der Waals surface area contributed by atoms with E-state index in [1.54, 1.807) is 31.2 Å². The van der Waals surface area contributed by atoms with Crippen LogP contribution in [-0.4, -0.2) is 23.9 Å². The number of carbonyl (C=O) groups excluding carboxylic acids is 2. The van der Waals surface area contributed by atoms with Gasteiger partial charge in [0.25, 0.3) is 11.7 Å². The Labute approximate surface area is 195 Å². The molecule has 3 aromatic rings. The zero-order valence-corrected chi connectivity index (χ0v) is 19.0. The number of hydrogen-bond acceptors (Lipinski definition) is 4. The van der Waals surface area contributed by atoms with Gasteiger partial charge in [0.2, 0.25) is 0 Å². The molecule has 5 nitrogen and oxygen atoms in total. The topological polar surface area (TPSA) is 66.8 Å². The fraction of sp³-hybridized carbons (Fsp3) is 0.154. The fourth-order valence-electron chi connectivity index (χ4n) is 4.13. The van der Waals surface area contributed by atoms with E-state index in [2.05, 4.69) is 0 Å². The van der Waals surface area contributed by atoms with Gasteiger partial charge >= 0.3 is 0 Å². The molecule has 0 radical (unpaired) electrons. The lowest BCUT2D eigenvalue weighted by Gasteiger charge is -2.27. The third kappa shape index (κ3) is 3.87. The highest BCUT2D eigenvalue weighted by Gasteiger charge is 2.47. The molecule has 1 amide bonds. The molecule has 1 atom stereocenters. The van der Waals surface area contributed by atoms with Crippen molar-refractivity contribution in [2.45, 2.75) is 19.9 Å². The number of Topliss-reactive ketones (excluding diaryl/α,β-unsaturated/α-hetero) is 1. The molecular weight excluding hydrogens is 445 g/mol. The molecule has 1 saturated heterocycles. The lowest BCUT2D eigenvalue weighted by molar-refractivity contribution is -0.132. The number of ketones is 1. The number of anilines is 1. The van der Waals surface area contributed by atoms with Crippen molar-refractivity contribution in [3.8, 4) is 5.75 Å². The summed E-state index contributed by atoms with van der Waals surface area (Å²) in [4.78, 5) is 27.9. The van der Waals surface area contributed by atoms with Crippen LogP contribution in [-0.2, 0) is 9.59 Å². The number of para-hydroxylation sites is 1. The van der Waals surface area contributed by atoms with Gasteiger partial charge in [0, 0.05) is 5.69 Å². The molecule has 3 aromatic carbocycles. The second-order valence-electron chi connectivity index (χ2n) is 7.83. The molecule has 1 N–H and O–H groups in total. The third-order valence-electron chi connectivity index (χ3n) is 5.65. The number of halogens is 2. The van der Waals surface area contributed by atoms with Crippen LogP contribution in [0.25, 0.3) is 5.76 Å². The Hall–Kier alpha value is -3.64. The normalized spacial score (nSPS) is 17.5. The van der Waals surface area contributed by atoms with Gasteiger partial charge in [0.1, 0.15) is 17.3 Å². The first-order chi connectivity index (χ1) is 15.7. The summed E-state index contributed by atoms with van der Waals surface area (Å²) in [5, 5.41) is 11.6. The summed E-state index contributed by atoms with van der Waals surface area (Å²) in [6.45, 7) is 3.60. The monoisotopic (exact) mass is 465 g/mol. The molecule has 0 saturated carbocycles. The highest BCUT2D eigenvalue weighted by molar-refractivity contribution is 6.52. The minimum absolute atomic E-state index is 0.130. The van der Waals surface area contributed by atoms with E-state index in [0.717, 1.165) is 11.1 Å². The summed E-state index contributed by atoms with van der Waals surface area (Å²) in [6, 6.07) is 14.9. The van der Waals surface area contributed by atoms with Crippen LogP contribution in [0.3, 0.4) is 0 Å². The summed E-state index contributed by atoms with van der Waals surface area (Å²) < 4.78 is 19.1. The van der Waals surface area contributed by atoms with Crippen LogP contribution < -0.4 is 9.64 Å². The molecule has 1 heterocycles. The number of aliphatic hydroxyl groups is 1. The predicted molar refractivity (Wildman–Crippen MR) is 125 cm³/mol. The van der Waals surface area contributed by atoms with Crippen LogP contribution in [0.2, 0.25) is 5.02 Å². The lowest BCUT2D eigenvalue weighted by Crippen LogP contribution is -2.30. The number of methoxy groups -OCH3 is 1. The van der Waals surface area contributed by atoms with Gasteiger partial charge in [-0.1, -0.05) is 41.9 Å². The van der Waals surface area contributed by atoms with Crippen molar-refractivity contribution in [3.63, 3.8) is 0 Å². The highest BCUT2D eigenvalue weighted by atomic mass is 35.5. The Balaban J connectivity index is 2.03. The average Bonchev–Trinajstić information content (AvgIpc) is 3.04. The van der Waals surface area contributed by atoms with Crippen molar-refractivity contribution in [2.75, 3.05) is 12.0 Å². The Kier molecular flexibility index (Phi) is 5.95. The maximum atomic E-state index is 13.7. The first-order valence-electron chi connectivity index (χ1n) is 10.2. The Bertz CT molecular complexity index is 1300. The van der Waals surface area contributed by atoms with Crippen molar-refractivity contribution >= 4 is 34.7 Å². The second-order valence-corrected chi connectivity index (χ2v) is 8.24. The van der Waals surface area contributed by atoms with Crippen molar-refractivity contribution < 1.29 is 23.8 Å². The molecule has 7 heteroatoms. The number of aliphatic hydroxyl groups excluding tert-OH is 1. The van der Waals surface area contributed by atoms with E-state index in [1.807, 2.05) is 19.1 Å². The molecule has 1 aliphatic rings. The van der Waals surface area contributed by atoms with Crippen molar-refractivity contribution in [1.82, 2.24) is 0 Å². The maximum absolute atomic E-state index is 13.7. The molecule has 0 spiro atoms. The van der Waals surface area contributed by atoms with Gasteiger partial charge < -0.3 is 9.84 Å². The fourth-order valence-corrected chi connectivity index (χ4v) is 4.48. The van der Waals surface area contributed by atoms with E-state index in [-0.39, 0.29) is 21.9 Å². The largest absolute Gasteiger partial charge is 0.507 e. The molecule has 168 valence electrons. The molecule has 1 fully saturated rings. The highest BCUT2D eigenvalue weighted by Crippen LogP contribution is 2.45. The SMILES string of the molecule is COc1c(Cl)cc(C)cc1/C(O)=C1\C(=O)C(=O)N(c2ccccc2C)C1c1ccc(F)cc1. The predicted octanol–water partition coefficient (Wildman–Crippen LogP) is 5.73. The maximum Gasteiger partial charge on any atom is 0.300 e. The van der Waals surface area contributed by atoms with Gasteiger partial charge in [-0.05, 0) is 60.9 Å². The lowest BCUT2D eigenvalue weighted by atomic mass is 9.94. The average molecular weight is 466 g/mol. The smallest absolute Gasteiger partial charge is 0.300 e. The van der Waals surface area contributed by atoms with Gasteiger partial charge in [-0.3, -0.25) is 14.5 Å². The molecule has 33 heavy (non-hydrogen) atoms. The van der Waals surface area contributed by atoms with Crippen LogP contribution in [0.15, 0.2) is 66.2 Å². The molecular formula is C26H21ClFNO4. The standard InChI is InChI=1S/C26H21ClFNO4/c1-14-12-18(25(33-3)19(27)13-14)23(30)21-22(16-8-10-17(28)11-9-16)29(26(32)24(21)31)20-7-5-4-6-15(20)2/h4-13,22,30H,1-3H3/b23-21+. The minimum Gasteiger partial charge on any atom is -0.507 e. The number of carbonyl (C=O) groups is 2. The molecule has 0 aliphatic carbocycles. The summed E-state index contributed by atoms with van der Waals surface area (Å²) in [7, 11) is 1.40. The van der Waals surface area contributed by atoms with E-state index in [1.165, 1.54) is 36.3 Å². The first-order valence-corrected chi connectivity index (χ1v) is 10.6. The molecule has 0 aromatic heterocycles. The molecule has 1 unspecified atom stereocenters. The second kappa shape index (κ2) is 8.71. The number of benzene rings is 3.